The first kappa shape index (κ1) is 13.6. The molecule has 0 N–H and O–H groups in total. The zero-order chi connectivity index (χ0) is 13.8. The summed E-state index contributed by atoms with van der Waals surface area (Å²) in [5.41, 5.74) is 2.63. The van der Waals surface area contributed by atoms with Gasteiger partial charge >= 0.3 is 130 Å². The molecule has 1 aliphatic heterocycles. The van der Waals surface area contributed by atoms with E-state index in [4.69, 9.17) is 9.31 Å². The molecular weight excluding hydrogens is 431 g/mol. The van der Waals surface area contributed by atoms with Crippen molar-refractivity contribution in [3.05, 3.63) is 24.5 Å². The summed E-state index contributed by atoms with van der Waals surface area (Å²) < 4.78 is 14.3. The van der Waals surface area contributed by atoms with Crippen molar-refractivity contribution in [2.75, 3.05) is 0 Å². The standard InChI is InChI=1S/C13H16BN2O2.Tl/c1-12(2)13(3,4)18-14(17-12)9-5-6-10-11(7-9)16-8-15-10;/h5-8H,1-4H3;/q-1;+1. The first-order valence-electron chi connectivity index (χ1n) is 6.38. The Hall–Kier alpha value is -0.403. The van der Waals surface area contributed by atoms with Gasteiger partial charge in [0.25, 0.3) is 0 Å². The SMILES string of the molecule is CC1(C)OB(c2ccc3c(c2)nc[n]3[Tl])OC1(C)C. The molecule has 4 nitrogen and oxygen atoms in total. The van der Waals surface area contributed by atoms with Crippen molar-refractivity contribution >= 4 is 49.7 Å². The van der Waals surface area contributed by atoms with Crippen molar-refractivity contribution in [1.29, 1.82) is 0 Å². The number of rotatable bonds is 1. The Balaban J connectivity index is 1.98. The fourth-order valence-corrected chi connectivity index (χ4v) is 3.28. The number of imidazole rings is 1. The molecule has 3 rings (SSSR count). The van der Waals surface area contributed by atoms with E-state index in [0.29, 0.717) is 0 Å². The van der Waals surface area contributed by atoms with Gasteiger partial charge in [-0.2, -0.15) is 0 Å². The third-order valence-electron chi connectivity index (χ3n) is 4.12. The molecular formula is C13H16BN2O2Tl. The molecule has 96 valence electrons. The van der Waals surface area contributed by atoms with E-state index < -0.39 is 0 Å². The summed E-state index contributed by atoms with van der Waals surface area (Å²) in [6, 6.07) is 6.24. The first-order valence-corrected chi connectivity index (χ1v) is 8.39. The van der Waals surface area contributed by atoms with Gasteiger partial charge in [0, 0.05) is 0 Å². The maximum atomic E-state index is 6.06. The zero-order valence-corrected chi connectivity index (χ0v) is 16.2. The van der Waals surface area contributed by atoms with Gasteiger partial charge in [0.1, 0.15) is 0 Å². The Labute approximate surface area is 129 Å². The van der Waals surface area contributed by atoms with E-state index >= 15 is 0 Å². The average molecular weight is 447 g/mol. The van der Waals surface area contributed by atoms with Gasteiger partial charge in [0.05, 0.1) is 0 Å². The van der Waals surface area contributed by atoms with Crippen molar-refractivity contribution in [2.45, 2.75) is 38.9 Å². The molecule has 6 heteroatoms. The van der Waals surface area contributed by atoms with Crippen LogP contribution in [-0.2, 0) is 9.31 Å². The van der Waals surface area contributed by atoms with Gasteiger partial charge in [-0.15, -0.1) is 0 Å². The van der Waals surface area contributed by atoms with Crippen molar-refractivity contribution < 1.29 is 9.31 Å². The van der Waals surface area contributed by atoms with Crippen LogP contribution in [0.4, 0.5) is 0 Å². The van der Waals surface area contributed by atoms with Crippen LogP contribution in [0.5, 0.6) is 0 Å². The fourth-order valence-electron chi connectivity index (χ4n) is 2.17. The Morgan fingerprint density at radius 1 is 1.16 bits per heavy atom. The Morgan fingerprint density at radius 2 is 1.79 bits per heavy atom. The molecule has 0 atom stereocenters. The molecule has 0 unspecified atom stereocenters. The zero-order valence-electron chi connectivity index (χ0n) is 11.7. The van der Waals surface area contributed by atoms with Gasteiger partial charge in [0.15, 0.2) is 0 Å². The molecule has 0 bridgehead atoms. The normalized spacial score (nSPS) is 21.1. The van der Waals surface area contributed by atoms with Crippen LogP contribution in [0.1, 0.15) is 27.7 Å². The molecule has 1 aromatic heterocycles. The van der Waals surface area contributed by atoms with Crippen LogP contribution in [0.2, 0.25) is 0 Å². The van der Waals surface area contributed by atoms with Crippen LogP contribution < -0.4 is 5.46 Å². The monoisotopic (exact) mass is 448 g/mol. The maximum absolute atomic E-state index is 6.06. The van der Waals surface area contributed by atoms with E-state index in [1.807, 2.05) is 6.33 Å². The second kappa shape index (κ2) is 4.29. The summed E-state index contributed by atoms with van der Waals surface area (Å²) in [5, 5.41) is 0. The van der Waals surface area contributed by atoms with E-state index in [1.54, 1.807) is 0 Å². The van der Waals surface area contributed by atoms with Crippen LogP contribution in [0.3, 0.4) is 0 Å². The van der Waals surface area contributed by atoms with Crippen molar-refractivity contribution in [1.82, 2.24) is 7.36 Å². The number of hydrogen-bond acceptors (Lipinski definition) is 3. The van der Waals surface area contributed by atoms with E-state index in [2.05, 4.69) is 53.3 Å². The van der Waals surface area contributed by atoms with E-state index in [1.165, 1.54) is 5.52 Å². The second-order valence-electron chi connectivity index (χ2n) is 5.99. The summed E-state index contributed by atoms with van der Waals surface area (Å²) in [4.78, 5) is 4.42. The molecule has 1 aromatic carbocycles. The quantitative estimate of drug-likeness (QED) is 0.618. The summed E-state index contributed by atoms with van der Waals surface area (Å²) >= 11 is 0.734. The fraction of sp³-hybridized carbons (Fsp3) is 0.462. The van der Waals surface area contributed by atoms with Crippen LogP contribution >= 0.6 is 0 Å². The van der Waals surface area contributed by atoms with Gasteiger partial charge in [-0.1, -0.05) is 0 Å². The van der Waals surface area contributed by atoms with Crippen LogP contribution in [0.15, 0.2) is 24.5 Å². The molecule has 0 spiro atoms. The van der Waals surface area contributed by atoms with E-state index in [-0.39, 0.29) is 18.3 Å². The Bertz CT molecular complexity index is 623. The summed E-state index contributed by atoms with van der Waals surface area (Å²) in [5.74, 6) is 0. The van der Waals surface area contributed by atoms with Crippen molar-refractivity contribution in [2.24, 2.45) is 0 Å². The molecule has 1 aliphatic rings. The Morgan fingerprint density at radius 3 is 2.42 bits per heavy atom. The summed E-state index contributed by atoms with van der Waals surface area (Å²) in [6.07, 6.45) is 1.89. The number of fused-ring (bicyclic) bond motifs is 1. The minimum absolute atomic E-state index is 0.301. The molecule has 1 fully saturated rings. The third kappa shape index (κ3) is 2.15. The van der Waals surface area contributed by atoms with Crippen LogP contribution in [-0.4, -0.2) is 51.7 Å². The van der Waals surface area contributed by atoms with Gasteiger partial charge in [0.2, 0.25) is 0 Å². The molecule has 2 heterocycles. The summed E-state index contributed by atoms with van der Waals surface area (Å²) in [7, 11) is -0.309. The number of nitrogens with zero attached hydrogens (tertiary/aromatic N) is 2. The minimum atomic E-state index is -0.309. The summed E-state index contributed by atoms with van der Waals surface area (Å²) in [6.45, 7) is 8.27. The number of benzene rings is 1. The molecule has 0 aliphatic carbocycles. The third-order valence-corrected chi connectivity index (χ3v) is 5.72. The first-order chi connectivity index (χ1) is 8.80. The van der Waals surface area contributed by atoms with Crippen molar-refractivity contribution in [3.8, 4) is 0 Å². The average Bonchev–Trinajstić information content (AvgIpc) is 2.78. The number of aromatic nitrogens is 2. The van der Waals surface area contributed by atoms with Gasteiger partial charge in [-0.3, -0.25) is 0 Å². The second-order valence-corrected chi connectivity index (χ2v) is 8.15. The molecule has 19 heavy (non-hydrogen) atoms. The molecule has 0 saturated carbocycles. The van der Waals surface area contributed by atoms with Crippen LogP contribution in [0, 0.1) is 0 Å². The van der Waals surface area contributed by atoms with Crippen LogP contribution in [0.25, 0.3) is 11.0 Å². The number of hydrogen-bond donors (Lipinski definition) is 0. The van der Waals surface area contributed by atoms with E-state index in [9.17, 15) is 0 Å². The predicted molar refractivity (Wildman–Crippen MR) is 76.6 cm³/mol. The van der Waals surface area contributed by atoms with Gasteiger partial charge < -0.3 is 0 Å². The van der Waals surface area contributed by atoms with E-state index in [0.717, 1.165) is 37.0 Å². The molecule has 0 radical (unpaired) electrons. The Kier molecular flexibility index (Phi) is 3.07. The van der Waals surface area contributed by atoms with Crippen molar-refractivity contribution in [3.63, 3.8) is 0 Å². The predicted octanol–water partition coefficient (Wildman–Crippen LogP) is 1.27. The van der Waals surface area contributed by atoms with Gasteiger partial charge in [-0.05, 0) is 0 Å². The molecule has 0 amide bonds. The molecule has 2 aromatic rings. The van der Waals surface area contributed by atoms with Gasteiger partial charge in [-0.25, -0.2) is 0 Å². The topological polar surface area (TPSA) is 36.3 Å². The molecule has 1 saturated heterocycles.